The molecule has 72 valence electrons. The van der Waals surface area contributed by atoms with Crippen molar-refractivity contribution in [2.24, 2.45) is 0 Å². The molecule has 0 heterocycles. The van der Waals surface area contributed by atoms with E-state index in [0.29, 0.717) is 0 Å². The lowest BCUT2D eigenvalue weighted by Gasteiger charge is -2.08. The van der Waals surface area contributed by atoms with Crippen LogP contribution in [0.4, 0.5) is 8.78 Å². The number of hydrogen-bond acceptors (Lipinski definition) is 2. The average Bonchev–Trinajstić information content (AvgIpc) is 1.96. The molecule has 1 rings (SSSR count). The highest BCUT2D eigenvalue weighted by Gasteiger charge is 2.13. The van der Waals surface area contributed by atoms with Crippen molar-refractivity contribution in [1.29, 1.82) is 0 Å². The molecule has 0 amide bonds. The van der Waals surface area contributed by atoms with Gasteiger partial charge in [-0.3, -0.25) is 0 Å². The van der Waals surface area contributed by atoms with Crippen LogP contribution in [-0.4, -0.2) is 11.7 Å². The molecule has 1 N–H and O–H groups in total. The van der Waals surface area contributed by atoms with Gasteiger partial charge >= 0.3 is 6.61 Å². The molecule has 1 aromatic carbocycles. The zero-order valence-corrected chi connectivity index (χ0v) is 9.27. The number of halogens is 4. The third-order valence-electron chi connectivity index (χ3n) is 1.19. The highest BCUT2D eigenvalue weighted by atomic mass is 79.9. The first kappa shape index (κ1) is 10.7. The smallest absolute Gasteiger partial charge is 0.387 e. The molecule has 0 atom stereocenters. The molecular weight excluding hydrogens is 314 g/mol. The summed E-state index contributed by atoms with van der Waals surface area (Å²) in [6.45, 7) is -2.89. The number of benzene rings is 1. The molecule has 0 spiro atoms. The SMILES string of the molecule is Oc1cc(Br)c(OC(F)F)c(Br)c1. The van der Waals surface area contributed by atoms with Gasteiger partial charge in [0.1, 0.15) is 5.75 Å². The normalized spacial score (nSPS) is 10.5. The van der Waals surface area contributed by atoms with E-state index >= 15 is 0 Å². The summed E-state index contributed by atoms with van der Waals surface area (Å²) < 4.78 is 28.4. The van der Waals surface area contributed by atoms with Crippen molar-refractivity contribution in [3.63, 3.8) is 0 Å². The van der Waals surface area contributed by atoms with E-state index in [9.17, 15) is 8.78 Å². The Kier molecular flexibility index (Phi) is 3.49. The van der Waals surface area contributed by atoms with Gasteiger partial charge in [-0.25, -0.2) is 0 Å². The van der Waals surface area contributed by atoms with Crippen molar-refractivity contribution in [3.8, 4) is 11.5 Å². The lowest BCUT2D eigenvalue weighted by molar-refractivity contribution is -0.0509. The van der Waals surface area contributed by atoms with Gasteiger partial charge in [0, 0.05) is 0 Å². The van der Waals surface area contributed by atoms with Gasteiger partial charge in [0.05, 0.1) is 8.95 Å². The molecule has 0 aromatic heterocycles. The van der Waals surface area contributed by atoms with Crippen LogP contribution in [0.2, 0.25) is 0 Å². The van der Waals surface area contributed by atoms with Crippen LogP contribution in [-0.2, 0) is 0 Å². The Morgan fingerprint density at radius 1 is 1.23 bits per heavy atom. The fraction of sp³-hybridized carbons (Fsp3) is 0.143. The Labute approximate surface area is 89.8 Å². The van der Waals surface area contributed by atoms with Crippen LogP contribution >= 0.6 is 31.9 Å². The maximum absolute atomic E-state index is 11.9. The monoisotopic (exact) mass is 316 g/mol. The van der Waals surface area contributed by atoms with Gasteiger partial charge in [-0.1, -0.05) is 0 Å². The lowest BCUT2D eigenvalue weighted by Crippen LogP contribution is -2.02. The zero-order chi connectivity index (χ0) is 10.0. The number of hydrogen-bond donors (Lipinski definition) is 1. The van der Waals surface area contributed by atoms with E-state index in [1.54, 1.807) is 0 Å². The predicted octanol–water partition coefficient (Wildman–Crippen LogP) is 3.52. The summed E-state index contributed by atoms with van der Waals surface area (Å²) in [7, 11) is 0. The minimum Gasteiger partial charge on any atom is -0.508 e. The average molecular weight is 318 g/mol. The molecule has 0 radical (unpaired) electrons. The first-order valence-electron chi connectivity index (χ1n) is 3.13. The number of ether oxygens (including phenoxy) is 1. The molecule has 0 saturated heterocycles. The second-order valence-corrected chi connectivity index (χ2v) is 3.83. The first-order valence-corrected chi connectivity index (χ1v) is 4.72. The third kappa shape index (κ3) is 2.80. The quantitative estimate of drug-likeness (QED) is 0.904. The third-order valence-corrected chi connectivity index (χ3v) is 2.37. The maximum atomic E-state index is 11.9. The number of phenols is 1. The molecule has 0 bridgehead atoms. The van der Waals surface area contributed by atoms with Crippen molar-refractivity contribution < 1.29 is 18.6 Å². The molecule has 0 aliphatic heterocycles. The number of phenolic OH excluding ortho intramolecular Hbond substituents is 1. The molecule has 1 aromatic rings. The molecule has 0 aliphatic carbocycles. The topological polar surface area (TPSA) is 29.5 Å². The van der Waals surface area contributed by atoms with Crippen molar-refractivity contribution in [2.75, 3.05) is 0 Å². The summed E-state index contributed by atoms with van der Waals surface area (Å²) >= 11 is 5.96. The van der Waals surface area contributed by atoms with E-state index in [1.165, 1.54) is 12.1 Å². The zero-order valence-electron chi connectivity index (χ0n) is 6.10. The van der Waals surface area contributed by atoms with Gasteiger partial charge in [-0.15, -0.1) is 0 Å². The van der Waals surface area contributed by atoms with Gasteiger partial charge in [0.15, 0.2) is 5.75 Å². The second kappa shape index (κ2) is 4.23. The molecule has 2 nitrogen and oxygen atoms in total. The van der Waals surface area contributed by atoms with Crippen LogP contribution in [0.15, 0.2) is 21.1 Å². The van der Waals surface area contributed by atoms with Gasteiger partial charge in [0.25, 0.3) is 0 Å². The van der Waals surface area contributed by atoms with Crippen molar-refractivity contribution in [1.82, 2.24) is 0 Å². The lowest BCUT2D eigenvalue weighted by atomic mass is 10.3. The Morgan fingerprint density at radius 2 is 1.69 bits per heavy atom. The molecule has 6 heteroatoms. The van der Waals surface area contributed by atoms with Crippen LogP contribution in [0.1, 0.15) is 0 Å². The van der Waals surface area contributed by atoms with Crippen LogP contribution in [0.3, 0.4) is 0 Å². The number of alkyl halides is 2. The fourth-order valence-electron chi connectivity index (χ4n) is 0.748. The molecular formula is C7H4Br2F2O2. The fourth-order valence-corrected chi connectivity index (χ4v) is 2.10. The van der Waals surface area contributed by atoms with Gasteiger partial charge < -0.3 is 9.84 Å². The van der Waals surface area contributed by atoms with E-state index in [1.807, 2.05) is 0 Å². The predicted molar refractivity (Wildman–Crippen MR) is 50.1 cm³/mol. The van der Waals surface area contributed by atoms with Crippen LogP contribution in [0.25, 0.3) is 0 Å². The van der Waals surface area contributed by atoms with Crippen LogP contribution < -0.4 is 4.74 Å². The van der Waals surface area contributed by atoms with Crippen molar-refractivity contribution >= 4 is 31.9 Å². The number of aromatic hydroxyl groups is 1. The van der Waals surface area contributed by atoms with Gasteiger partial charge in [0.2, 0.25) is 0 Å². The second-order valence-electron chi connectivity index (χ2n) is 2.12. The Balaban J connectivity index is 3.06. The Morgan fingerprint density at radius 3 is 2.08 bits per heavy atom. The van der Waals surface area contributed by atoms with E-state index < -0.39 is 6.61 Å². The van der Waals surface area contributed by atoms with E-state index in [2.05, 4.69) is 36.6 Å². The summed E-state index contributed by atoms with van der Waals surface area (Å²) in [5.41, 5.74) is 0. The molecule has 0 aliphatic rings. The molecule has 0 unspecified atom stereocenters. The molecule has 0 saturated carbocycles. The largest absolute Gasteiger partial charge is 0.508 e. The minimum absolute atomic E-state index is 0.0344. The Hall–Kier alpha value is -0.360. The van der Waals surface area contributed by atoms with Crippen LogP contribution in [0.5, 0.6) is 11.5 Å². The van der Waals surface area contributed by atoms with Crippen molar-refractivity contribution in [3.05, 3.63) is 21.1 Å². The highest BCUT2D eigenvalue weighted by molar-refractivity contribution is 9.11. The maximum Gasteiger partial charge on any atom is 0.387 e. The molecule has 0 fully saturated rings. The molecule has 13 heavy (non-hydrogen) atoms. The summed E-state index contributed by atoms with van der Waals surface area (Å²) in [5.74, 6) is -0.0758. The summed E-state index contributed by atoms with van der Waals surface area (Å²) in [6, 6.07) is 2.53. The first-order chi connectivity index (χ1) is 6.00. The number of rotatable bonds is 2. The summed E-state index contributed by atoms with van der Waals surface area (Å²) in [6.07, 6.45) is 0. The Bertz CT molecular complexity index is 294. The highest BCUT2D eigenvalue weighted by Crippen LogP contribution is 2.37. The van der Waals surface area contributed by atoms with E-state index in [0.717, 1.165) is 0 Å². The summed E-state index contributed by atoms with van der Waals surface area (Å²) in [4.78, 5) is 0. The standard InChI is InChI=1S/C7H4Br2F2O2/c8-4-1-3(12)2-5(9)6(4)13-7(10)11/h1-2,7,12H. The van der Waals surface area contributed by atoms with Crippen LogP contribution in [0, 0.1) is 0 Å². The van der Waals surface area contributed by atoms with Gasteiger partial charge in [-0.2, -0.15) is 8.78 Å². The van der Waals surface area contributed by atoms with Gasteiger partial charge in [-0.05, 0) is 44.0 Å². The summed E-state index contributed by atoms with van der Waals surface area (Å²) in [5, 5.41) is 9.05. The van der Waals surface area contributed by atoms with Crippen molar-refractivity contribution in [2.45, 2.75) is 6.61 Å². The minimum atomic E-state index is -2.89. The van der Waals surface area contributed by atoms with E-state index in [-0.39, 0.29) is 20.4 Å². The van der Waals surface area contributed by atoms with E-state index in [4.69, 9.17) is 5.11 Å².